The highest BCUT2D eigenvalue weighted by molar-refractivity contribution is 5.94. The highest BCUT2D eigenvalue weighted by atomic mass is 16.3. The lowest BCUT2D eigenvalue weighted by Gasteiger charge is -2.15. The summed E-state index contributed by atoms with van der Waals surface area (Å²) in [6, 6.07) is 6.47. The van der Waals surface area contributed by atoms with Crippen molar-refractivity contribution < 1.29 is 9.90 Å². The number of phenolic OH excluding ortho intramolecular Hbond substituents is 1. The van der Waals surface area contributed by atoms with E-state index in [0.717, 1.165) is 12.8 Å². The van der Waals surface area contributed by atoms with Crippen LogP contribution in [-0.2, 0) is 0 Å². The Bertz CT molecular complexity index is 357. The molecule has 3 heteroatoms. The molecule has 0 aliphatic heterocycles. The largest absolute Gasteiger partial charge is 0.508 e. The quantitative estimate of drug-likeness (QED) is 0.824. The summed E-state index contributed by atoms with van der Waals surface area (Å²) in [5, 5.41) is 12.1. The molecule has 1 rings (SSSR count). The number of carbonyl (C=O) groups is 1. The molecule has 94 valence electrons. The highest BCUT2D eigenvalue weighted by Gasteiger charge is 2.09. The molecule has 0 aliphatic rings. The van der Waals surface area contributed by atoms with Gasteiger partial charge in [-0.2, -0.15) is 0 Å². The molecule has 0 heterocycles. The van der Waals surface area contributed by atoms with E-state index in [9.17, 15) is 4.79 Å². The van der Waals surface area contributed by atoms with Crippen LogP contribution in [0.3, 0.4) is 0 Å². The first-order valence-corrected chi connectivity index (χ1v) is 6.09. The average Bonchev–Trinajstić information content (AvgIpc) is 2.27. The monoisotopic (exact) mass is 235 g/mol. The molecule has 1 atom stereocenters. The lowest BCUT2D eigenvalue weighted by atomic mass is 10.0. The first-order chi connectivity index (χ1) is 7.99. The summed E-state index contributed by atoms with van der Waals surface area (Å²) in [4.78, 5) is 11.8. The van der Waals surface area contributed by atoms with Gasteiger partial charge in [0.15, 0.2) is 0 Å². The van der Waals surface area contributed by atoms with Crippen LogP contribution in [0.1, 0.15) is 44.0 Å². The fraction of sp³-hybridized carbons (Fsp3) is 0.500. The summed E-state index contributed by atoms with van der Waals surface area (Å²) in [6.07, 6.45) is 2.10. The summed E-state index contributed by atoms with van der Waals surface area (Å²) >= 11 is 0. The van der Waals surface area contributed by atoms with Crippen molar-refractivity contribution in [2.45, 2.75) is 39.7 Å². The topological polar surface area (TPSA) is 49.3 Å². The van der Waals surface area contributed by atoms with Gasteiger partial charge in [-0.15, -0.1) is 0 Å². The second kappa shape index (κ2) is 6.28. The molecule has 17 heavy (non-hydrogen) atoms. The maximum absolute atomic E-state index is 11.8. The SMILES string of the molecule is CC(C)CCC(C)NC(=O)c1ccc(O)cc1. The maximum Gasteiger partial charge on any atom is 0.251 e. The van der Waals surface area contributed by atoms with Gasteiger partial charge in [-0.3, -0.25) is 4.79 Å². The van der Waals surface area contributed by atoms with E-state index >= 15 is 0 Å². The van der Waals surface area contributed by atoms with Crippen molar-refractivity contribution >= 4 is 5.91 Å². The molecular formula is C14H21NO2. The van der Waals surface area contributed by atoms with Crippen LogP contribution in [0, 0.1) is 5.92 Å². The summed E-state index contributed by atoms with van der Waals surface area (Å²) in [5.74, 6) is 0.749. The predicted octanol–water partition coefficient (Wildman–Crippen LogP) is 2.95. The van der Waals surface area contributed by atoms with Gasteiger partial charge in [-0.1, -0.05) is 13.8 Å². The van der Waals surface area contributed by atoms with Gasteiger partial charge in [0.05, 0.1) is 0 Å². The molecule has 1 unspecified atom stereocenters. The summed E-state index contributed by atoms with van der Waals surface area (Å²) in [6.45, 7) is 6.36. The van der Waals surface area contributed by atoms with E-state index < -0.39 is 0 Å². The molecule has 3 nitrogen and oxygen atoms in total. The first-order valence-electron chi connectivity index (χ1n) is 6.09. The molecular weight excluding hydrogens is 214 g/mol. The van der Waals surface area contributed by atoms with Gasteiger partial charge in [-0.05, 0) is 49.9 Å². The van der Waals surface area contributed by atoms with Crippen LogP contribution in [0.5, 0.6) is 5.75 Å². The Balaban J connectivity index is 2.46. The normalized spacial score (nSPS) is 12.5. The molecule has 0 saturated heterocycles. The molecule has 0 saturated carbocycles. The predicted molar refractivity (Wildman–Crippen MR) is 69.1 cm³/mol. The van der Waals surface area contributed by atoms with Crippen molar-refractivity contribution in [1.82, 2.24) is 5.32 Å². The van der Waals surface area contributed by atoms with Crippen LogP contribution in [0.25, 0.3) is 0 Å². The Hall–Kier alpha value is -1.51. The Kier molecular flexibility index (Phi) is 5.01. The number of benzene rings is 1. The smallest absolute Gasteiger partial charge is 0.251 e. The van der Waals surface area contributed by atoms with Crippen molar-refractivity contribution in [3.63, 3.8) is 0 Å². The molecule has 0 spiro atoms. The Morgan fingerprint density at radius 2 is 1.76 bits per heavy atom. The third-order valence-corrected chi connectivity index (χ3v) is 2.68. The zero-order chi connectivity index (χ0) is 12.8. The van der Waals surface area contributed by atoms with Gasteiger partial charge >= 0.3 is 0 Å². The lowest BCUT2D eigenvalue weighted by Crippen LogP contribution is -2.32. The van der Waals surface area contributed by atoms with E-state index in [0.29, 0.717) is 11.5 Å². The van der Waals surface area contributed by atoms with Crippen molar-refractivity contribution in [2.75, 3.05) is 0 Å². The van der Waals surface area contributed by atoms with Crippen LogP contribution >= 0.6 is 0 Å². The van der Waals surface area contributed by atoms with Gasteiger partial charge in [0, 0.05) is 11.6 Å². The highest BCUT2D eigenvalue weighted by Crippen LogP contribution is 2.11. The number of carbonyl (C=O) groups excluding carboxylic acids is 1. The van der Waals surface area contributed by atoms with Crippen molar-refractivity contribution in [1.29, 1.82) is 0 Å². The Labute approximate surface area is 103 Å². The van der Waals surface area contributed by atoms with Crippen LogP contribution < -0.4 is 5.32 Å². The molecule has 0 radical (unpaired) electrons. The van der Waals surface area contributed by atoms with Crippen molar-refractivity contribution in [2.24, 2.45) is 5.92 Å². The number of hydrogen-bond acceptors (Lipinski definition) is 2. The van der Waals surface area contributed by atoms with E-state index in [-0.39, 0.29) is 17.7 Å². The maximum atomic E-state index is 11.8. The third kappa shape index (κ3) is 4.89. The molecule has 1 aromatic rings. The minimum absolute atomic E-state index is 0.0822. The van der Waals surface area contributed by atoms with Gasteiger partial charge in [0.2, 0.25) is 0 Å². The molecule has 0 bridgehead atoms. The number of phenols is 1. The lowest BCUT2D eigenvalue weighted by molar-refractivity contribution is 0.0937. The van der Waals surface area contributed by atoms with Crippen molar-refractivity contribution in [3.8, 4) is 5.75 Å². The average molecular weight is 235 g/mol. The van der Waals surface area contributed by atoms with Gasteiger partial charge < -0.3 is 10.4 Å². The second-order valence-electron chi connectivity index (χ2n) is 4.89. The second-order valence-corrected chi connectivity index (χ2v) is 4.89. The molecule has 0 aliphatic carbocycles. The van der Waals surface area contributed by atoms with E-state index in [1.165, 1.54) is 12.1 Å². The third-order valence-electron chi connectivity index (χ3n) is 2.68. The molecule has 0 fully saturated rings. The Morgan fingerprint density at radius 1 is 1.18 bits per heavy atom. The zero-order valence-corrected chi connectivity index (χ0v) is 10.7. The van der Waals surface area contributed by atoms with Crippen LogP contribution in [0.4, 0.5) is 0 Å². The van der Waals surface area contributed by atoms with Crippen LogP contribution in [0.15, 0.2) is 24.3 Å². The van der Waals surface area contributed by atoms with E-state index in [2.05, 4.69) is 19.2 Å². The molecule has 0 aromatic heterocycles. The minimum atomic E-state index is -0.0822. The number of rotatable bonds is 5. The standard InChI is InChI=1S/C14H21NO2/c1-10(2)4-5-11(3)15-14(17)12-6-8-13(16)9-7-12/h6-11,16H,4-5H2,1-3H3,(H,15,17). The fourth-order valence-electron chi connectivity index (χ4n) is 1.58. The van der Waals surface area contributed by atoms with Gasteiger partial charge in [0.1, 0.15) is 5.75 Å². The van der Waals surface area contributed by atoms with Crippen LogP contribution in [0.2, 0.25) is 0 Å². The van der Waals surface area contributed by atoms with Gasteiger partial charge in [0.25, 0.3) is 5.91 Å². The molecule has 2 N–H and O–H groups in total. The minimum Gasteiger partial charge on any atom is -0.508 e. The number of hydrogen-bond donors (Lipinski definition) is 2. The van der Waals surface area contributed by atoms with Crippen LogP contribution in [-0.4, -0.2) is 17.1 Å². The van der Waals surface area contributed by atoms with E-state index in [4.69, 9.17) is 5.11 Å². The summed E-state index contributed by atoms with van der Waals surface area (Å²) < 4.78 is 0. The first kappa shape index (κ1) is 13.6. The Morgan fingerprint density at radius 3 is 2.29 bits per heavy atom. The van der Waals surface area contributed by atoms with Gasteiger partial charge in [-0.25, -0.2) is 0 Å². The molecule has 1 amide bonds. The number of amides is 1. The zero-order valence-electron chi connectivity index (χ0n) is 10.7. The molecule has 1 aromatic carbocycles. The number of aromatic hydroxyl groups is 1. The summed E-state index contributed by atoms with van der Waals surface area (Å²) in [5.41, 5.74) is 0.583. The van der Waals surface area contributed by atoms with E-state index in [1.54, 1.807) is 12.1 Å². The van der Waals surface area contributed by atoms with Crippen molar-refractivity contribution in [3.05, 3.63) is 29.8 Å². The fourth-order valence-corrected chi connectivity index (χ4v) is 1.58. The summed E-state index contributed by atoms with van der Waals surface area (Å²) in [7, 11) is 0. The van der Waals surface area contributed by atoms with E-state index in [1.807, 2.05) is 6.92 Å². The number of nitrogens with one attached hydrogen (secondary N) is 1.